The molecule has 0 spiro atoms. The summed E-state index contributed by atoms with van der Waals surface area (Å²) in [5.41, 5.74) is 0. The number of rotatable bonds is 2. The number of thiophene rings is 1. The molecule has 68 valence electrons. The van der Waals surface area contributed by atoms with E-state index in [4.69, 9.17) is 11.6 Å². The van der Waals surface area contributed by atoms with Crippen molar-refractivity contribution in [2.75, 3.05) is 0 Å². The van der Waals surface area contributed by atoms with E-state index in [1.54, 1.807) is 6.07 Å². The Labute approximate surface area is 94.2 Å². The Bertz CT molecular complexity index is 257. The highest BCUT2D eigenvalue weighted by Crippen LogP contribution is 2.39. The van der Waals surface area contributed by atoms with Gasteiger partial charge < -0.3 is 0 Å². The van der Waals surface area contributed by atoms with Crippen LogP contribution in [-0.2, 0) is 0 Å². The maximum atomic E-state index is 12.1. The van der Waals surface area contributed by atoms with Gasteiger partial charge in [-0.15, -0.1) is 22.9 Å². The molecule has 0 fully saturated rings. The molecule has 0 nitrogen and oxygen atoms in total. The first-order valence-corrected chi connectivity index (χ1v) is 5.73. The monoisotopic (exact) mass is 338 g/mol. The zero-order chi connectivity index (χ0) is 9.30. The van der Waals surface area contributed by atoms with Crippen molar-refractivity contribution in [1.29, 1.82) is 0 Å². The first-order valence-electron chi connectivity index (χ1n) is 2.89. The lowest BCUT2D eigenvalue weighted by atomic mass is 10.3. The van der Waals surface area contributed by atoms with E-state index in [0.29, 0.717) is 4.88 Å². The molecule has 1 aromatic rings. The maximum absolute atomic E-state index is 12.1. The van der Waals surface area contributed by atoms with Crippen LogP contribution in [0, 0.1) is 0 Å². The normalized spacial score (nSPS) is 13.8. The minimum atomic E-state index is -2.52. The molecule has 1 unspecified atom stereocenters. The number of hydrogen-bond acceptors (Lipinski definition) is 1. The smallest absolute Gasteiger partial charge is 0.208 e. The first-order chi connectivity index (χ1) is 5.52. The van der Waals surface area contributed by atoms with Gasteiger partial charge in [0.05, 0.1) is 3.79 Å². The Hall–Kier alpha value is 0.810. The van der Waals surface area contributed by atoms with Gasteiger partial charge in [0.2, 0.25) is 0 Å². The van der Waals surface area contributed by atoms with Gasteiger partial charge >= 0.3 is 0 Å². The van der Waals surface area contributed by atoms with Crippen molar-refractivity contribution < 1.29 is 8.78 Å². The van der Waals surface area contributed by atoms with Crippen LogP contribution < -0.4 is 0 Å². The van der Waals surface area contributed by atoms with E-state index < -0.39 is 11.8 Å². The summed E-state index contributed by atoms with van der Waals surface area (Å²) in [6, 6.07) is 1.60. The van der Waals surface area contributed by atoms with Gasteiger partial charge in [0.1, 0.15) is 5.38 Å². The van der Waals surface area contributed by atoms with Crippen molar-refractivity contribution in [3.8, 4) is 0 Å². The second-order valence-electron chi connectivity index (χ2n) is 2.01. The Balaban J connectivity index is 2.89. The van der Waals surface area contributed by atoms with E-state index in [2.05, 4.69) is 31.9 Å². The molecule has 0 aliphatic rings. The lowest BCUT2D eigenvalue weighted by Crippen LogP contribution is -1.98. The summed E-state index contributed by atoms with van der Waals surface area (Å²) in [5.74, 6) is 0. The Morgan fingerprint density at radius 3 is 2.33 bits per heavy atom. The molecule has 0 radical (unpaired) electrons. The summed E-state index contributed by atoms with van der Waals surface area (Å²) in [6.07, 6.45) is -2.52. The Morgan fingerprint density at radius 1 is 1.42 bits per heavy atom. The van der Waals surface area contributed by atoms with E-state index >= 15 is 0 Å². The molecule has 0 saturated carbocycles. The number of hydrogen-bond donors (Lipinski definition) is 0. The van der Waals surface area contributed by atoms with E-state index in [0.717, 1.165) is 8.26 Å². The molecular formula is C6H3Br2ClF2S. The van der Waals surface area contributed by atoms with Crippen LogP contribution in [-0.4, -0.2) is 6.43 Å². The van der Waals surface area contributed by atoms with Crippen LogP contribution >= 0.6 is 54.8 Å². The predicted molar refractivity (Wildman–Crippen MR) is 54.3 cm³/mol. The molecule has 1 rings (SSSR count). The number of alkyl halides is 3. The van der Waals surface area contributed by atoms with Gasteiger partial charge in [-0.3, -0.25) is 0 Å². The highest BCUT2D eigenvalue weighted by Gasteiger charge is 2.22. The second kappa shape index (κ2) is 4.35. The van der Waals surface area contributed by atoms with Gasteiger partial charge in [0.15, 0.2) is 0 Å². The molecule has 0 N–H and O–H groups in total. The third kappa shape index (κ3) is 2.40. The summed E-state index contributed by atoms with van der Waals surface area (Å²) in [4.78, 5) is 0.463. The van der Waals surface area contributed by atoms with Crippen LogP contribution in [0.3, 0.4) is 0 Å². The van der Waals surface area contributed by atoms with Crippen molar-refractivity contribution in [2.45, 2.75) is 11.8 Å². The van der Waals surface area contributed by atoms with Crippen LogP contribution in [0.25, 0.3) is 0 Å². The quantitative estimate of drug-likeness (QED) is 0.677. The maximum Gasteiger partial charge on any atom is 0.259 e. The van der Waals surface area contributed by atoms with Crippen molar-refractivity contribution in [1.82, 2.24) is 0 Å². The van der Waals surface area contributed by atoms with E-state index in [-0.39, 0.29) is 0 Å². The summed E-state index contributed by atoms with van der Waals surface area (Å²) in [7, 11) is 0. The van der Waals surface area contributed by atoms with E-state index in [1.165, 1.54) is 11.3 Å². The van der Waals surface area contributed by atoms with Gasteiger partial charge in [0.25, 0.3) is 6.43 Å². The second-order valence-corrected chi connectivity index (χ2v) is 5.73. The zero-order valence-electron chi connectivity index (χ0n) is 5.53. The molecular weight excluding hydrogens is 337 g/mol. The largest absolute Gasteiger partial charge is 0.259 e. The van der Waals surface area contributed by atoms with Crippen LogP contribution in [0.15, 0.2) is 14.3 Å². The van der Waals surface area contributed by atoms with Gasteiger partial charge in [-0.05, 0) is 37.9 Å². The molecule has 0 aliphatic carbocycles. The molecule has 0 aromatic carbocycles. The van der Waals surface area contributed by atoms with Crippen LogP contribution in [0.4, 0.5) is 8.78 Å². The molecule has 0 aliphatic heterocycles. The Kier molecular flexibility index (Phi) is 3.95. The summed E-state index contributed by atoms with van der Waals surface area (Å²) in [5, 5.41) is -1.21. The van der Waals surface area contributed by atoms with Crippen LogP contribution in [0.1, 0.15) is 10.3 Å². The molecule has 1 heterocycles. The van der Waals surface area contributed by atoms with Crippen molar-refractivity contribution in [3.05, 3.63) is 19.2 Å². The lowest BCUT2D eigenvalue weighted by Gasteiger charge is -2.03. The fraction of sp³-hybridized carbons (Fsp3) is 0.333. The van der Waals surface area contributed by atoms with Gasteiger partial charge in [0, 0.05) is 9.35 Å². The van der Waals surface area contributed by atoms with Gasteiger partial charge in [-0.2, -0.15) is 0 Å². The third-order valence-corrected chi connectivity index (χ3v) is 5.05. The predicted octanol–water partition coefficient (Wildman–Crippen LogP) is 4.82. The highest BCUT2D eigenvalue weighted by atomic mass is 79.9. The van der Waals surface area contributed by atoms with E-state index in [9.17, 15) is 8.78 Å². The fourth-order valence-corrected chi connectivity index (χ4v) is 2.89. The SMILES string of the molecule is FC(F)C(Cl)c1cc(Br)c(Br)s1. The average Bonchev–Trinajstić information content (AvgIpc) is 2.30. The molecule has 0 bridgehead atoms. The minimum Gasteiger partial charge on any atom is -0.208 e. The average molecular weight is 340 g/mol. The standard InChI is InChI=1S/C6H3Br2ClF2S/c7-2-1-3(12-5(2)8)4(9)6(10)11/h1,4,6H. The van der Waals surface area contributed by atoms with Gasteiger partial charge in [-0.25, -0.2) is 8.78 Å². The van der Waals surface area contributed by atoms with Crippen molar-refractivity contribution in [2.24, 2.45) is 0 Å². The molecule has 12 heavy (non-hydrogen) atoms. The van der Waals surface area contributed by atoms with Crippen LogP contribution in [0.5, 0.6) is 0 Å². The van der Waals surface area contributed by atoms with Crippen LogP contribution in [0.2, 0.25) is 0 Å². The highest BCUT2D eigenvalue weighted by molar-refractivity contribution is 9.13. The third-order valence-electron chi connectivity index (χ3n) is 1.16. The molecule has 6 heteroatoms. The lowest BCUT2D eigenvalue weighted by molar-refractivity contribution is 0.144. The molecule has 0 saturated heterocycles. The molecule has 0 amide bonds. The molecule has 1 aromatic heterocycles. The van der Waals surface area contributed by atoms with Gasteiger partial charge in [-0.1, -0.05) is 0 Å². The minimum absolute atomic E-state index is 0.463. The topological polar surface area (TPSA) is 0 Å². The number of halogens is 5. The van der Waals surface area contributed by atoms with Crippen molar-refractivity contribution >= 4 is 54.8 Å². The summed E-state index contributed by atoms with van der Waals surface area (Å²) < 4.78 is 25.7. The van der Waals surface area contributed by atoms with E-state index in [1.807, 2.05) is 0 Å². The summed E-state index contributed by atoms with van der Waals surface area (Å²) in [6.45, 7) is 0. The fourth-order valence-electron chi connectivity index (χ4n) is 0.623. The first kappa shape index (κ1) is 10.9. The zero-order valence-corrected chi connectivity index (χ0v) is 10.3. The Morgan fingerprint density at radius 2 is 2.00 bits per heavy atom. The molecule has 1 atom stereocenters. The van der Waals surface area contributed by atoms with Crippen molar-refractivity contribution in [3.63, 3.8) is 0 Å². The summed E-state index contributed by atoms with van der Waals surface area (Å²) >= 11 is 13.0.